The van der Waals surface area contributed by atoms with Crippen LogP contribution < -0.4 is 15.3 Å². The fourth-order valence-electron chi connectivity index (χ4n) is 3.74. The van der Waals surface area contributed by atoms with Crippen LogP contribution >= 0.6 is 19.3 Å². The number of aliphatic hydroxyl groups is 1. The number of benzene rings is 1. The lowest BCUT2D eigenvalue weighted by Gasteiger charge is -2.24. The number of halogens is 2. The first-order valence-corrected chi connectivity index (χ1v) is 13.2. The largest absolute Gasteiger partial charge is 0.465 e. The molecule has 0 bridgehead atoms. The number of alkyl halides is 1. The summed E-state index contributed by atoms with van der Waals surface area (Å²) in [5.74, 6) is -0.386. The molecule has 3 heterocycles. The van der Waals surface area contributed by atoms with Crippen LogP contribution in [0.5, 0.6) is 5.75 Å². The van der Waals surface area contributed by atoms with Gasteiger partial charge in [-0.1, -0.05) is 18.2 Å². The summed E-state index contributed by atoms with van der Waals surface area (Å²) in [4.78, 5) is 20.0. The highest BCUT2D eigenvalue weighted by Gasteiger charge is 2.47. The average Bonchev–Trinajstić information content (AvgIpc) is 3.39. The zero-order chi connectivity index (χ0) is 26.7. The number of aromatic nitrogens is 3. The Kier molecular flexibility index (Phi) is 8.32. The molecule has 3 unspecified atom stereocenters. The molecule has 1 aliphatic rings. The number of anilines is 1. The maximum atomic E-state index is 15.2. The van der Waals surface area contributed by atoms with Crippen LogP contribution in [-0.2, 0) is 23.4 Å². The number of hydrogen-bond acceptors (Lipinski definition) is 10. The molecule has 37 heavy (non-hydrogen) atoms. The molecule has 1 aromatic carbocycles. The Morgan fingerprint density at radius 1 is 1.35 bits per heavy atom. The number of carbonyl (C=O) groups is 1. The second-order valence-electron chi connectivity index (χ2n) is 8.14. The van der Waals surface area contributed by atoms with E-state index in [0.29, 0.717) is 5.39 Å². The Hall–Kier alpha value is -2.80. The lowest BCUT2D eigenvalue weighted by atomic mass is 10.1. The predicted octanol–water partition coefficient (Wildman–Crippen LogP) is 3.01. The number of ether oxygens (including phenoxy) is 2. The van der Waals surface area contributed by atoms with Gasteiger partial charge >= 0.3 is 13.7 Å². The summed E-state index contributed by atoms with van der Waals surface area (Å²) in [6.45, 7) is 2.63. The van der Waals surface area contributed by atoms with E-state index < -0.39 is 51.0 Å². The van der Waals surface area contributed by atoms with Crippen molar-refractivity contribution in [2.75, 3.05) is 18.9 Å². The molecule has 0 saturated carbocycles. The van der Waals surface area contributed by atoms with Gasteiger partial charge in [0.1, 0.15) is 35.5 Å². The van der Waals surface area contributed by atoms with Crippen molar-refractivity contribution < 1.29 is 37.4 Å². The number of rotatable bonds is 10. The van der Waals surface area contributed by atoms with Crippen molar-refractivity contribution in [2.24, 2.45) is 0 Å². The maximum Gasteiger partial charge on any atom is 0.459 e. The Morgan fingerprint density at radius 3 is 2.78 bits per heavy atom. The highest BCUT2D eigenvalue weighted by molar-refractivity contribution is 7.52. The van der Waals surface area contributed by atoms with E-state index in [9.17, 15) is 14.5 Å². The summed E-state index contributed by atoms with van der Waals surface area (Å²) >= 11 is 5.90. The molecule has 0 radical (unpaired) electrons. The van der Waals surface area contributed by atoms with E-state index in [0.717, 1.165) is 0 Å². The van der Waals surface area contributed by atoms with E-state index in [1.165, 1.54) is 29.8 Å². The minimum Gasteiger partial charge on any atom is -0.465 e. The zero-order valence-electron chi connectivity index (χ0n) is 19.9. The molecule has 3 aromatic rings. The third-order valence-electron chi connectivity index (χ3n) is 5.51. The van der Waals surface area contributed by atoms with Gasteiger partial charge in [-0.25, -0.2) is 13.9 Å². The van der Waals surface area contributed by atoms with Crippen molar-refractivity contribution in [3.05, 3.63) is 47.9 Å². The van der Waals surface area contributed by atoms with Crippen molar-refractivity contribution in [1.82, 2.24) is 19.6 Å². The Bertz CT molecular complexity index is 1300. The zero-order valence-corrected chi connectivity index (χ0v) is 21.5. The molecule has 0 spiro atoms. The molecular weight excluding hydrogens is 532 g/mol. The smallest absolute Gasteiger partial charge is 0.459 e. The average molecular weight is 558 g/mol. The molecule has 6 atom stereocenters. The van der Waals surface area contributed by atoms with E-state index in [-0.39, 0.29) is 29.1 Å². The number of nitrogen functional groups attached to an aromatic ring is 1. The summed E-state index contributed by atoms with van der Waals surface area (Å²) in [5, 5.41) is 13.3. The van der Waals surface area contributed by atoms with E-state index >= 15 is 4.39 Å². The van der Waals surface area contributed by atoms with Gasteiger partial charge in [-0.15, -0.1) is 0 Å². The summed E-state index contributed by atoms with van der Waals surface area (Å²) in [7, 11) is -4.23. The van der Waals surface area contributed by atoms with Gasteiger partial charge in [0.2, 0.25) is 5.28 Å². The number of aliphatic hydroxyl groups excluding tert-OH is 1. The molecule has 4 rings (SSSR count). The second kappa shape index (κ2) is 11.3. The van der Waals surface area contributed by atoms with Crippen molar-refractivity contribution in [1.29, 1.82) is 0 Å². The van der Waals surface area contributed by atoms with Crippen LogP contribution in [0.15, 0.2) is 42.6 Å². The Morgan fingerprint density at radius 2 is 2.08 bits per heavy atom. The second-order valence-corrected chi connectivity index (χ2v) is 10.2. The molecule has 0 aliphatic carbocycles. The maximum absolute atomic E-state index is 15.2. The van der Waals surface area contributed by atoms with Crippen molar-refractivity contribution in [3.63, 3.8) is 0 Å². The van der Waals surface area contributed by atoms with Gasteiger partial charge in [0.05, 0.1) is 18.6 Å². The molecule has 2 aromatic heterocycles. The highest BCUT2D eigenvalue weighted by atomic mass is 35.5. The fourth-order valence-corrected chi connectivity index (χ4v) is 5.41. The van der Waals surface area contributed by atoms with Crippen molar-refractivity contribution >= 4 is 42.2 Å². The minimum atomic E-state index is -4.23. The fraction of sp³-hybridized carbons (Fsp3) is 0.409. The third kappa shape index (κ3) is 6.03. The first kappa shape index (κ1) is 27.2. The van der Waals surface area contributed by atoms with E-state index in [4.69, 9.17) is 35.9 Å². The van der Waals surface area contributed by atoms with Gasteiger partial charge in [-0.05, 0) is 43.6 Å². The van der Waals surface area contributed by atoms with E-state index in [2.05, 4.69) is 15.1 Å². The number of esters is 1. The lowest BCUT2D eigenvalue weighted by molar-refractivity contribution is -0.144. The van der Waals surface area contributed by atoms with Crippen LogP contribution in [0.4, 0.5) is 10.2 Å². The Balaban J connectivity index is 1.52. The normalized spacial score (nSPS) is 24.0. The highest BCUT2D eigenvalue weighted by Crippen LogP contribution is 2.46. The minimum absolute atomic E-state index is 0.100. The lowest BCUT2D eigenvalue weighted by Crippen LogP contribution is -2.37. The van der Waals surface area contributed by atoms with Crippen LogP contribution in [0.25, 0.3) is 11.0 Å². The standard InChI is InChI=1S/C22H26ClFN5O7P/c1-3-33-21(31)12(2)28-37(32,36-13-7-5-4-6-8-13)34-11-15-17(30)16(24)20(35-15)29-10-9-14-18(25)26-22(23)27-19(14)29/h4-10,12,15-17,20,30H,3,11H2,1-2H3,(H,28,32)(H2,25,26,27)/t12-,15+,16?,17?,20+,37?/m0/s1. The summed E-state index contributed by atoms with van der Waals surface area (Å²) in [5.41, 5.74) is 6.07. The monoisotopic (exact) mass is 557 g/mol. The molecule has 1 fully saturated rings. The van der Waals surface area contributed by atoms with Crippen LogP contribution in [0.3, 0.4) is 0 Å². The molecule has 1 aliphatic heterocycles. The van der Waals surface area contributed by atoms with Crippen molar-refractivity contribution in [3.8, 4) is 5.75 Å². The van der Waals surface area contributed by atoms with E-state index in [1.54, 1.807) is 31.2 Å². The number of nitrogens with zero attached hydrogens (tertiary/aromatic N) is 3. The summed E-state index contributed by atoms with van der Waals surface area (Å²) < 4.78 is 51.8. The summed E-state index contributed by atoms with van der Waals surface area (Å²) in [6.07, 6.45) is -4.64. The predicted molar refractivity (Wildman–Crippen MR) is 132 cm³/mol. The van der Waals surface area contributed by atoms with Crippen LogP contribution in [-0.4, -0.2) is 63.2 Å². The number of nitrogens with two attached hydrogens (primary N) is 1. The van der Waals surface area contributed by atoms with Crippen LogP contribution in [0.2, 0.25) is 5.28 Å². The number of fused-ring (bicyclic) bond motifs is 1. The first-order chi connectivity index (χ1) is 17.6. The van der Waals surface area contributed by atoms with Gasteiger partial charge in [0, 0.05) is 6.20 Å². The molecule has 1 saturated heterocycles. The summed E-state index contributed by atoms with van der Waals surface area (Å²) in [6, 6.07) is 8.62. The molecule has 4 N–H and O–H groups in total. The van der Waals surface area contributed by atoms with Crippen LogP contribution in [0.1, 0.15) is 20.1 Å². The molecule has 15 heteroatoms. The van der Waals surface area contributed by atoms with Crippen LogP contribution in [0, 0.1) is 0 Å². The first-order valence-electron chi connectivity index (χ1n) is 11.3. The van der Waals surface area contributed by atoms with Gasteiger partial charge in [-0.2, -0.15) is 10.1 Å². The van der Waals surface area contributed by atoms with E-state index in [1.807, 2.05) is 0 Å². The Labute approximate surface area is 216 Å². The number of hydrogen-bond donors (Lipinski definition) is 3. The van der Waals surface area contributed by atoms with Crippen molar-refractivity contribution in [2.45, 2.75) is 44.5 Å². The molecule has 12 nitrogen and oxygen atoms in total. The van der Waals surface area contributed by atoms with Gasteiger partial charge in [-0.3, -0.25) is 9.32 Å². The van der Waals surface area contributed by atoms with Gasteiger partial charge in [0.25, 0.3) is 0 Å². The van der Waals surface area contributed by atoms with Gasteiger partial charge in [0.15, 0.2) is 12.4 Å². The number of carbonyl (C=O) groups excluding carboxylic acids is 1. The number of nitrogens with one attached hydrogen (secondary N) is 1. The third-order valence-corrected chi connectivity index (χ3v) is 7.32. The quantitative estimate of drug-likeness (QED) is 0.191. The van der Waals surface area contributed by atoms with Gasteiger partial charge < -0.3 is 29.4 Å². The molecule has 200 valence electrons. The number of para-hydroxylation sites is 1. The topological polar surface area (TPSA) is 160 Å². The SMILES string of the molecule is CCOC(=O)[C@H](C)NP(=O)(OC[C@H]1O[C@@H](n2ccc3c(N)nc(Cl)nc32)C(F)C1O)Oc1ccccc1. The molecule has 0 amide bonds. The molecular formula is C22H26ClFN5O7P.